The minimum absolute atomic E-state index is 0.461. The molecule has 0 unspecified atom stereocenters. The summed E-state index contributed by atoms with van der Waals surface area (Å²) in [4.78, 5) is 22.4. The molecule has 5 heteroatoms. The topological polar surface area (TPSA) is 69.6 Å². The number of hydrogen-bond donors (Lipinski definition) is 2. The zero-order chi connectivity index (χ0) is 15.8. The molecular weight excluding hydrogens is 276 g/mol. The van der Waals surface area contributed by atoms with Gasteiger partial charge in [0.05, 0.1) is 17.8 Å². The van der Waals surface area contributed by atoms with E-state index in [0.717, 1.165) is 36.2 Å². The molecule has 1 aromatic heterocycles. The molecule has 2 N–H and O–H groups in total. The number of aliphatic imine (C=N–C) groups is 2. The van der Waals surface area contributed by atoms with Crippen LogP contribution in [0.25, 0.3) is 0 Å². The summed E-state index contributed by atoms with van der Waals surface area (Å²) in [6.07, 6.45) is 1.74. The minimum Gasteiger partial charge on any atom is -0.370 e. The van der Waals surface area contributed by atoms with Crippen molar-refractivity contribution in [2.24, 2.45) is 9.98 Å². The second-order valence-corrected chi connectivity index (χ2v) is 4.84. The van der Waals surface area contributed by atoms with Crippen LogP contribution in [0.3, 0.4) is 0 Å². The van der Waals surface area contributed by atoms with Gasteiger partial charge in [-0.3, -0.25) is 9.79 Å². The van der Waals surface area contributed by atoms with Gasteiger partial charge >= 0.3 is 0 Å². The normalized spacial score (nSPS) is 11.2. The molecule has 1 aromatic carbocycles. The average Bonchev–Trinajstić information content (AvgIpc) is 2.99. The lowest BCUT2D eigenvalue weighted by atomic mass is 10.2. The Morgan fingerprint density at radius 2 is 2.14 bits per heavy atom. The predicted octanol–water partition coefficient (Wildman–Crippen LogP) is 3.11. The van der Waals surface area contributed by atoms with Crippen LogP contribution in [0.4, 0.5) is 5.82 Å². The molecule has 0 aliphatic heterocycles. The molecular formula is C17H20N4O. The standard InChI is InChI=1S/C17H20N4O/c1-3-9-19-17(20-11-13-7-5-4-6-8-13)15-10-14(12-22)21-16(15)18-2/h4-8,10,12,21H,2-3,9,11H2,1H3,(H,19,20). The van der Waals surface area contributed by atoms with E-state index in [4.69, 9.17) is 0 Å². The summed E-state index contributed by atoms with van der Waals surface area (Å²) in [5, 5.41) is 3.29. The third kappa shape index (κ3) is 3.91. The number of carbonyl (C=O) groups is 1. The first-order valence-corrected chi connectivity index (χ1v) is 7.26. The van der Waals surface area contributed by atoms with Crippen molar-refractivity contribution < 1.29 is 4.79 Å². The van der Waals surface area contributed by atoms with Crippen LogP contribution >= 0.6 is 0 Å². The predicted molar refractivity (Wildman–Crippen MR) is 90.4 cm³/mol. The Morgan fingerprint density at radius 3 is 2.77 bits per heavy atom. The van der Waals surface area contributed by atoms with Gasteiger partial charge < -0.3 is 10.3 Å². The summed E-state index contributed by atoms with van der Waals surface area (Å²) in [7, 11) is 0. The Balaban J connectivity index is 2.30. The summed E-state index contributed by atoms with van der Waals surface area (Å²) in [6.45, 7) is 6.98. The molecule has 22 heavy (non-hydrogen) atoms. The fraction of sp³-hybridized carbons (Fsp3) is 0.235. The van der Waals surface area contributed by atoms with Crippen molar-refractivity contribution in [3.63, 3.8) is 0 Å². The average molecular weight is 296 g/mol. The van der Waals surface area contributed by atoms with Crippen molar-refractivity contribution in [3.8, 4) is 0 Å². The first kappa shape index (κ1) is 15.7. The van der Waals surface area contributed by atoms with E-state index in [1.807, 2.05) is 30.3 Å². The lowest BCUT2D eigenvalue weighted by Gasteiger charge is -2.09. The zero-order valence-corrected chi connectivity index (χ0v) is 12.7. The molecule has 0 fully saturated rings. The quantitative estimate of drug-likeness (QED) is 0.468. The molecule has 2 aromatic rings. The molecule has 114 valence electrons. The molecule has 0 amide bonds. The summed E-state index contributed by atoms with van der Waals surface area (Å²) in [5.74, 6) is 1.27. The molecule has 0 aliphatic rings. The number of benzene rings is 1. The second kappa shape index (κ2) is 7.93. The Hall–Kier alpha value is -2.69. The number of H-pyrrole nitrogens is 1. The number of aromatic nitrogens is 1. The maximum absolute atomic E-state index is 11.0. The fourth-order valence-electron chi connectivity index (χ4n) is 2.07. The van der Waals surface area contributed by atoms with Gasteiger partial charge in [0, 0.05) is 6.54 Å². The monoisotopic (exact) mass is 296 g/mol. The summed E-state index contributed by atoms with van der Waals surface area (Å²) < 4.78 is 0. The zero-order valence-electron chi connectivity index (χ0n) is 12.7. The van der Waals surface area contributed by atoms with E-state index in [-0.39, 0.29) is 0 Å². The number of aromatic amines is 1. The molecule has 0 bridgehead atoms. The highest BCUT2D eigenvalue weighted by Crippen LogP contribution is 2.19. The molecule has 0 saturated carbocycles. The third-order valence-corrected chi connectivity index (χ3v) is 3.16. The molecule has 1 heterocycles. The number of rotatable bonds is 7. The van der Waals surface area contributed by atoms with Gasteiger partial charge in [-0.05, 0) is 24.8 Å². The molecule has 5 nitrogen and oxygen atoms in total. The molecule has 2 rings (SSSR count). The van der Waals surface area contributed by atoms with Crippen molar-refractivity contribution in [3.05, 3.63) is 53.2 Å². The number of aldehydes is 1. The summed E-state index contributed by atoms with van der Waals surface area (Å²) in [5.41, 5.74) is 2.35. The van der Waals surface area contributed by atoms with E-state index < -0.39 is 0 Å². The summed E-state index contributed by atoms with van der Waals surface area (Å²) in [6, 6.07) is 11.8. The van der Waals surface area contributed by atoms with Gasteiger partial charge in [-0.15, -0.1) is 0 Å². The molecule has 0 spiro atoms. The van der Waals surface area contributed by atoms with E-state index in [1.165, 1.54) is 0 Å². The second-order valence-electron chi connectivity index (χ2n) is 4.84. The Kier molecular flexibility index (Phi) is 5.65. The highest BCUT2D eigenvalue weighted by atomic mass is 16.1. The number of amidine groups is 1. The highest BCUT2D eigenvalue weighted by molar-refractivity contribution is 6.04. The first-order chi connectivity index (χ1) is 10.8. The van der Waals surface area contributed by atoms with E-state index in [0.29, 0.717) is 18.1 Å². The lowest BCUT2D eigenvalue weighted by Crippen LogP contribution is -2.25. The Bertz CT molecular complexity index is 659. The van der Waals surface area contributed by atoms with Crippen LogP contribution in [0.15, 0.2) is 46.4 Å². The van der Waals surface area contributed by atoms with Crippen LogP contribution in [0.5, 0.6) is 0 Å². The van der Waals surface area contributed by atoms with E-state index >= 15 is 0 Å². The highest BCUT2D eigenvalue weighted by Gasteiger charge is 2.12. The Morgan fingerprint density at radius 1 is 1.36 bits per heavy atom. The van der Waals surface area contributed by atoms with E-state index in [2.05, 4.69) is 33.9 Å². The van der Waals surface area contributed by atoms with E-state index in [1.54, 1.807) is 6.07 Å². The SMILES string of the molecule is C=Nc1[nH]c(C=O)cc1C(=NCc1ccccc1)NCCC. The van der Waals surface area contributed by atoms with Crippen LogP contribution < -0.4 is 5.32 Å². The first-order valence-electron chi connectivity index (χ1n) is 7.26. The van der Waals surface area contributed by atoms with E-state index in [9.17, 15) is 4.79 Å². The molecule has 0 atom stereocenters. The molecule has 0 radical (unpaired) electrons. The van der Waals surface area contributed by atoms with Gasteiger partial charge in [-0.1, -0.05) is 37.3 Å². The van der Waals surface area contributed by atoms with Gasteiger partial charge in [0.25, 0.3) is 0 Å². The van der Waals surface area contributed by atoms with Crippen LogP contribution in [0.2, 0.25) is 0 Å². The number of nitrogens with zero attached hydrogens (tertiary/aromatic N) is 2. The van der Waals surface area contributed by atoms with Crippen molar-refractivity contribution >= 4 is 24.7 Å². The largest absolute Gasteiger partial charge is 0.370 e. The number of hydrogen-bond acceptors (Lipinski definition) is 3. The number of carbonyl (C=O) groups excluding carboxylic acids is 1. The van der Waals surface area contributed by atoms with Gasteiger partial charge in [0.15, 0.2) is 6.29 Å². The third-order valence-electron chi connectivity index (χ3n) is 3.16. The van der Waals surface area contributed by atoms with Crippen molar-refractivity contribution in [2.75, 3.05) is 6.54 Å². The maximum atomic E-state index is 11.0. The van der Waals surface area contributed by atoms with Crippen molar-refractivity contribution in [1.82, 2.24) is 10.3 Å². The van der Waals surface area contributed by atoms with Crippen LogP contribution in [-0.4, -0.2) is 30.4 Å². The molecule has 0 aliphatic carbocycles. The lowest BCUT2D eigenvalue weighted by molar-refractivity contribution is 0.111. The van der Waals surface area contributed by atoms with Gasteiger partial charge in [-0.25, -0.2) is 4.99 Å². The Labute approximate surface area is 130 Å². The maximum Gasteiger partial charge on any atom is 0.166 e. The summed E-state index contributed by atoms with van der Waals surface area (Å²) >= 11 is 0. The van der Waals surface area contributed by atoms with Gasteiger partial charge in [0.2, 0.25) is 0 Å². The van der Waals surface area contributed by atoms with Gasteiger partial charge in [-0.2, -0.15) is 0 Å². The van der Waals surface area contributed by atoms with Gasteiger partial charge in [0.1, 0.15) is 11.7 Å². The smallest absolute Gasteiger partial charge is 0.166 e. The fourth-order valence-corrected chi connectivity index (χ4v) is 2.07. The number of nitrogens with one attached hydrogen (secondary N) is 2. The van der Waals surface area contributed by atoms with Crippen LogP contribution in [0, 0.1) is 0 Å². The minimum atomic E-state index is 0.461. The molecule has 0 saturated heterocycles. The van der Waals surface area contributed by atoms with Crippen LogP contribution in [0.1, 0.15) is 35.0 Å². The van der Waals surface area contributed by atoms with Crippen molar-refractivity contribution in [2.45, 2.75) is 19.9 Å². The van der Waals surface area contributed by atoms with Crippen molar-refractivity contribution in [1.29, 1.82) is 0 Å². The van der Waals surface area contributed by atoms with Crippen LogP contribution in [-0.2, 0) is 6.54 Å².